The summed E-state index contributed by atoms with van der Waals surface area (Å²) in [6.45, 7) is 5.77. The van der Waals surface area contributed by atoms with Crippen molar-refractivity contribution in [3.05, 3.63) is 75.2 Å². The van der Waals surface area contributed by atoms with E-state index >= 15 is 0 Å². The zero-order chi connectivity index (χ0) is 29.5. The summed E-state index contributed by atoms with van der Waals surface area (Å²) < 4.78 is 5.79. The van der Waals surface area contributed by atoms with Gasteiger partial charge in [0, 0.05) is 19.3 Å². The van der Waals surface area contributed by atoms with Crippen molar-refractivity contribution in [1.82, 2.24) is 24.8 Å². The van der Waals surface area contributed by atoms with Crippen LogP contribution in [0.1, 0.15) is 44.7 Å². The molecule has 1 fully saturated rings. The second-order valence-electron chi connectivity index (χ2n) is 11.2. The lowest BCUT2D eigenvalue weighted by Gasteiger charge is -2.34. The molecule has 2 aromatic heterocycles. The molecule has 0 spiro atoms. The van der Waals surface area contributed by atoms with Gasteiger partial charge in [0.15, 0.2) is 0 Å². The summed E-state index contributed by atoms with van der Waals surface area (Å²) in [6.07, 6.45) is 2.38. The minimum absolute atomic E-state index is 0.0713. The number of amides is 2. The van der Waals surface area contributed by atoms with Crippen LogP contribution in [0.4, 0.5) is 5.69 Å². The van der Waals surface area contributed by atoms with Crippen LogP contribution in [-0.4, -0.2) is 87.1 Å². The van der Waals surface area contributed by atoms with E-state index in [4.69, 9.17) is 4.74 Å². The van der Waals surface area contributed by atoms with E-state index in [1.807, 2.05) is 39.1 Å². The van der Waals surface area contributed by atoms with Gasteiger partial charge in [0.1, 0.15) is 29.8 Å². The first kappa shape index (κ1) is 27.7. The number of likely N-dealkylation sites (tertiary alicyclic amines) is 1. The first-order chi connectivity index (χ1) is 20.2. The van der Waals surface area contributed by atoms with Gasteiger partial charge in [-0.1, -0.05) is 17.7 Å². The van der Waals surface area contributed by atoms with Gasteiger partial charge in [-0.25, -0.2) is 4.98 Å². The highest BCUT2D eigenvalue weighted by Crippen LogP contribution is 2.32. The van der Waals surface area contributed by atoms with Crippen LogP contribution in [0, 0.1) is 13.8 Å². The SMILES string of the molecule is Cc1ccc(OC[C@H](O)CNc2cc[nH]c(=O)c2-c2nc3cc4c(cc3[nH]2)C(=O)N([C@H]2CCCN(C)C2)C4=O)c(C)c1. The number of carbonyl (C=O) groups excluding carboxylic acids is 2. The standard InChI is InChI=1S/C31H34N6O5/c1-17-6-7-26(18(2)11-17)42-16-20(38)14-33-23-8-9-32-29(39)27(23)28-34-24-12-21-22(13-25(24)35-28)31(41)37(30(21)40)19-5-4-10-36(3)15-19/h6-9,11-13,19-20,38H,4-5,10,14-16H2,1-3H3,(H,34,35)(H2,32,33,39)/t19-,20+/m0/s1. The minimum atomic E-state index is -0.847. The molecule has 2 aliphatic heterocycles. The zero-order valence-electron chi connectivity index (χ0n) is 23.9. The Bertz CT molecular complexity index is 1690. The van der Waals surface area contributed by atoms with Crippen LogP contribution in [0.25, 0.3) is 22.4 Å². The Hall–Kier alpha value is -4.48. The van der Waals surface area contributed by atoms with Crippen molar-refractivity contribution < 1.29 is 19.4 Å². The van der Waals surface area contributed by atoms with Crippen LogP contribution in [0.2, 0.25) is 0 Å². The maximum Gasteiger partial charge on any atom is 0.261 e. The number of ether oxygens (including phenoxy) is 1. The Morgan fingerprint density at radius 3 is 2.67 bits per heavy atom. The number of pyridine rings is 1. The van der Waals surface area contributed by atoms with E-state index < -0.39 is 6.10 Å². The summed E-state index contributed by atoms with van der Waals surface area (Å²) >= 11 is 0. The Morgan fingerprint density at radius 2 is 1.90 bits per heavy atom. The molecule has 0 aliphatic carbocycles. The predicted octanol–water partition coefficient (Wildman–Crippen LogP) is 3.08. The van der Waals surface area contributed by atoms with Crippen LogP contribution in [0.15, 0.2) is 47.4 Å². The Kier molecular flexibility index (Phi) is 7.29. The number of carbonyl (C=O) groups is 2. The van der Waals surface area contributed by atoms with Crippen LogP contribution >= 0.6 is 0 Å². The molecule has 2 amide bonds. The number of imidazole rings is 1. The van der Waals surface area contributed by atoms with Gasteiger partial charge < -0.3 is 30.0 Å². The van der Waals surface area contributed by atoms with Gasteiger partial charge in [-0.05, 0) is 70.1 Å². The molecule has 4 heterocycles. The molecule has 0 bridgehead atoms. The maximum atomic E-state index is 13.3. The van der Waals surface area contributed by atoms with E-state index in [0.717, 1.165) is 30.5 Å². The molecule has 2 atom stereocenters. The van der Waals surface area contributed by atoms with Gasteiger partial charge in [-0.2, -0.15) is 0 Å². The van der Waals surface area contributed by atoms with E-state index in [1.54, 1.807) is 18.2 Å². The largest absolute Gasteiger partial charge is 0.491 e. The minimum Gasteiger partial charge on any atom is -0.491 e. The number of fused-ring (bicyclic) bond motifs is 2. The summed E-state index contributed by atoms with van der Waals surface area (Å²) in [5.74, 6) is 0.380. The van der Waals surface area contributed by atoms with Gasteiger partial charge in [0.05, 0.1) is 33.9 Å². The maximum absolute atomic E-state index is 13.3. The lowest BCUT2D eigenvalue weighted by atomic mass is 10.0. The number of piperidine rings is 1. The van der Waals surface area contributed by atoms with Crippen molar-refractivity contribution in [1.29, 1.82) is 0 Å². The van der Waals surface area contributed by atoms with Gasteiger partial charge in [-0.3, -0.25) is 19.3 Å². The number of likely N-dealkylation sites (N-methyl/N-ethyl adjacent to an activating group) is 1. The number of nitrogens with zero attached hydrogens (tertiary/aromatic N) is 3. The molecule has 2 aliphatic rings. The topological polar surface area (TPSA) is 144 Å². The summed E-state index contributed by atoms with van der Waals surface area (Å²) in [5.41, 5.74) is 4.14. The molecule has 0 radical (unpaired) electrons. The monoisotopic (exact) mass is 570 g/mol. The molecule has 0 unspecified atom stereocenters. The number of H-pyrrole nitrogens is 2. The summed E-state index contributed by atoms with van der Waals surface area (Å²) in [7, 11) is 1.99. The Morgan fingerprint density at radius 1 is 1.12 bits per heavy atom. The van der Waals surface area contributed by atoms with E-state index in [0.29, 0.717) is 40.1 Å². The van der Waals surface area contributed by atoms with Crippen molar-refractivity contribution in [3.63, 3.8) is 0 Å². The van der Waals surface area contributed by atoms with Crippen molar-refractivity contribution >= 4 is 28.5 Å². The number of benzene rings is 2. The number of nitrogens with one attached hydrogen (secondary N) is 3. The zero-order valence-corrected chi connectivity index (χ0v) is 23.9. The van der Waals surface area contributed by atoms with E-state index in [-0.39, 0.29) is 48.0 Å². The first-order valence-corrected chi connectivity index (χ1v) is 14.1. The molecule has 11 heteroatoms. The second kappa shape index (κ2) is 11.1. The number of aliphatic hydroxyl groups excluding tert-OH is 1. The molecule has 218 valence electrons. The fraction of sp³-hybridized carbons (Fsp3) is 0.355. The highest BCUT2D eigenvalue weighted by atomic mass is 16.5. The lowest BCUT2D eigenvalue weighted by Crippen LogP contribution is -2.49. The van der Waals surface area contributed by atoms with Gasteiger partial charge in [-0.15, -0.1) is 0 Å². The number of imide groups is 1. The van der Waals surface area contributed by atoms with Crippen LogP contribution in [0.5, 0.6) is 5.75 Å². The molecule has 42 heavy (non-hydrogen) atoms. The molecule has 2 aromatic carbocycles. The number of hydrogen-bond acceptors (Lipinski definition) is 8. The molecular weight excluding hydrogens is 536 g/mol. The van der Waals surface area contributed by atoms with Crippen molar-refractivity contribution in [2.45, 2.75) is 38.8 Å². The molecule has 0 saturated carbocycles. The Labute approximate surface area is 242 Å². The van der Waals surface area contributed by atoms with Crippen LogP contribution in [0.3, 0.4) is 0 Å². The quantitative estimate of drug-likeness (QED) is 0.237. The first-order valence-electron chi connectivity index (χ1n) is 14.1. The second-order valence-corrected chi connectivity index (χ2v) is 11.2. The average molecular weight is 571 g/mol. The molecule has 6 rings (SSSR count). The predicted molar refractivity (Wildman–Crippen MR) is 159 cm³/mol. The van der Waals surface area contributed by atoms with E-state index in [1.165, 1.54) is 11.1 Å². The number of aliphatic hydroxyl groups is 1. The average Bonchev–Trinajstić information content (AvgIpc) is 3.47. The van der Waals surface area contributed by atoms with Crippen molar-refractivity contribution in [3.8, 4) is 17.1 Å². The third-order valence-electron chi connectivity index (χ3n) is 7.97. The summed E-state index contributed by atoms with van der Waals surface area (Å²) in [5, 5.41) is 13.7. The van der Waals surface area contributed by atoms with Crippen molar-refractivity contribution in [2.75, 3.05) is 38.6 Å². The fourth-order valence-corrected chi connectivity index (χ4v) is 5.86. The number of aromatic amines is 2. The molecule has 4 N–H and O–H groups in total. The number of aromatic nitrogens is 3. The smallest absolute Gasteiger partial charge is 0.261 e. The number of aryl methyl sites for hydroxylation is 2. The fourth-order valence-electron chi connectivity index (χ4n) is 5.86. The molecular formula is C31H34N6O5. The normalized spacial score (nSPS) is 18.0. The van der Waals surface area contributed by atoms with Crippen molar-refractivity contribution in [2.24, 2.45) is 0 Å². The molecule has 1 saturated heterocycles. The van der Waals surface area contributed by atoms with Gasteiger partial charge >= 0.3 is 0 Å². The molecule has 4 aromatic rings. The number of hydrogen-bond donors (Lipinski definition) is 4. The number of anilines is 1. The Balaban J connectivity index is 1.21. The van der Waals surface area contributed by atoms with E-state index in [9.17, 15) is 19.5 Å². The molecule has 11 nitrogen and oxygen atoms in total. The van der Waals surface area contributed by atoms with Gasteiger partial charge in [0.25, 0.3) is 17.4 Å². The summed E-state index contributed by atoms with van der Waals surface area (Å²) in [6, 6.07) is 10.6. The van der Waals surface area contributed by atoms with Crippen LogP contribution in [-0.2, 0) is 0 Å². The van der Waals surface area contributed by atoms with Crippen LogP contribution < -0.4 is 15.6 Å². The number of rotatable bonds is 8. The lowest BCUT2D eigenvalue weighted by molar-refractivity contribution is 0.0503. The summed E-state index contributed by atoms with van der Waals surface area (Å²) in [4.78, 5) is 53.5. The van der Waals surface area contributed by atoms with E-state index in [2.05, 4.69) is 25.2 Å². The highest BCUT2D eigenvalue weighted by Gasteiger charge is 2.41. The third kappa shape index (κ3) is 5.17. The third-order valence-corrected chi connectivity index (χ3v) is 7.97. The van der Waals surface area contributed by atoms with Gasteiger partial charge in [0.2, 0.25) is 0 Å². The highest BCUT2D eigenvalue weighted by molar-refractivity contribution is 6.23.